The van der Waals surface area contributed by atoms with Gasteiger partial charge in [0.2, 0.25) is 5.95 Å². The first-order valence-electron chi connectivity index (χ1n) is 10.5. The number of benzene rings is 2. The SMILES string of the molecule is CCN(CC)c1ccc(Nc2nc(C)cc(N3CCc4ccccc4C3)n2)cc1. The summed E-state index contributed by atoms with van der Waals surface area (Å²) in [7, 11) is 0. The lowest BCUT2D eigenvalue weighted by molar-refractivity contribution is 0.719. The van der Waals surface area contributed by atoms with Crippen LogP contribution in [-0.4, -0.2) is 29.6 Å². The quantitative estimate of drug-likeness (QED) is 0.649. The monoisotopic (exact) mass is 387 g/mol. The molecule has 1 aliphatic heterocycles. The fourth-order valence-corrected chi connectivity index (χ4v) is 3.93. The molecule has 0 amide bonds. The molecule has 2 heterocycles. The molecule has 150 valence electrons. The van der Waals surface area contributed by atoms with E-state index in [4.69, 9.17) is 4.98 Å². The molecular formula is C24H29N5. The Morgan fingerprint density at radius 2 is 1.69 bits per heavy atom. The van der Waals surface area contributed by atoms with Crippen LogP contribution in [0.25, 0.3) is 0 Å². The molecule has 4 rings (SSSR count). The van der Waals surface area contributed by atoms with Crippen LogP contribution in [0, 0.1) is 6.92 Å². The number of rotatable bonds is 6. The van der Waals surface area contributed by atoms with Crippen LogP contribution in [0.4, 0.5) is 23.1 Å². The molecule has 0 atom stereocenters. The van der Waals surface area contributed by atoms with Gasteiger partial charge in [0.15, 0.2) is 0 Å². The Morgan fingerprint density at radius 1 is 0.966 bits per heavy atom. The van der Waals surface area contributed by atoms with E-state index < -0.39 is 0 Å². The fourth-order valence-electron chi connectivity index (χ4n) is 3.93. The molecule has 1 N–H and O–H groups in total. The summed E-state index contributed by atoms with van der Waals surface area (Å²) < 4.78 is 0. The van der Waals surface area contributed by atoms with Gasteiger partial charge < -0.3 is 15.1 Å². The molecule has 29 heavy (non-hydrogen) atoms. The van der Waals surface area contributed by atoms with Crippen LogP contribution in [-0.2, 0) is 13.0 Å². The van der Waals surface area contributed by atoms with E-state index in [-0.39, 0.29) is 0 Å². The lowest BCUT2D eigenvalue weighted by atomic mass is 10.00. The van der Waals surface area contributed by atoms with Gasteiger partial charge in [-0.2, -0.15) is 4.98 Å². The van der Waals surface area contributed by atoms with E-state index in [9.17, 15) is 0 Å². The van der Waals surface area contributed by atoms with Crippen molar-refractivity contribution >= 4 is 23.1 Å². The molecular weight excluding hydrogens is 358 g/mol. The summed E-state index contributed by atoms with van der Waals surface area (Å²) in [5.74, 6) is 1.63. The van der Waals surface area contributed by atoms with Gasteiger partial charge in [-0.05, 0) is 62.6 Å². The smallest absolute Gasteiger partial charge is 0.229 e. The van der Waals surface area contributed by atoms with Crippen LogP contribution in [0.2, 0.25) is 0 Å². The number of nitrogens with zero attached hydrogens (tertiary/aromatic N) is 4. The summed E-state index contributed by atoms with van der Waals surface area (Å²) >= 11 is 0. The third-order valence-corrected chi connectivity index (χ3v) is 5.55. The highest BCUT2D eigenvalue weighted by atomic mass is 15.2. The van der Waals surface area contributed by atoms with Gasteiger partial charge in [0.05, 0.1) is 0 Å². The maximum atomic E-state index is 4.81. The van der Waals surface area contributed by atoms with Crippen LogP contribution in [0.15, 0.2) is 54.6 Å². The summed E-state index contributed by atoms with van der Waals surface area (Å²) in [4.78, 5) is 14.1. The summed E-state index contributed by atoms with van der Waals surface area (Å²) in [5, 5.41) is 3.38. The zero-order valence-electron chi connectivity index (χ0n) is 17.5. The summed E-state index contributed by atoms with van der Waals surface area (Å²) in [6, 6.07) is 19.2. The van der Waals surface area contributed by atoms with Crippen molar-refractivity contribution in [2.45, 2.75) is 33.7 Å². The van der Waals surface area contributed by atoms with E-state index >= 15 is 0 Å². The van der Waals surface area contributed by atoms with Crippen molar-refractivity contribution in [2.75, 3.05) is 34.8 Å². The Bertz CT molecular complexity index is 963. The van der Waals surface area contributed by atoms with E-state index in [0.29, 0.717) is 5.95 Å². The molecule has 0 saturated heterocycles. The zero-order valence-corrected chi connectivity index (χ0v) is 17.5. The van der Waals surface area contributed by atoms with E-state index in [1.807, 2.05) is 6.92 Å². The van der Waals surface area contributed by atoms with Crippen molar-refractivity contribution in [3.8, 4) is 0 Å². The molecule has 1 aromatic heterocycles. The van der Waals surface area contributed by atoms with Crippen LogP contribution in [0.3, 0.4) is 0 Å². The Kier molecular flexibility index (Phi) is 5.65. The average molecular weight is 388 g/mol. The standard InChI is InChI=1S/C24H29N5/c1-4-28(5-2)22-12-10-21(11-13-22)26-24-25-18(3)16-23(27-24)29-15-14-19-8-6-7-9-20(19)17-29/h6-13,16H,4-5,14-15,17H2,1-3H3,(H,25,26,27). The minimum atomic E-state index is 0.648. The second-order valence-electron chi connectivity index (χ2n) is 7.48. The van der Waals surface area contributed by atoms with Crippen molar-refractivity contribution in [2.24, 2.45) is 0 Å². The average Bonchev–Trinajstić information content (AvgIpc) is 2.75. The molecule has 5 nitrogen and oxygen atoms in total. The second kappa shape index (κ2) is 8.52. The summed E-state index contributed by atoms with van der Waals surface area (Å²) in [6.07, 6.45) is 1.05. The third-order valence-electron chi connectivity index (χ3n) is 5.55. The number of aromatic nitrogens is 2. The van der Waals surface area contributed by atoms with Crippen molar-refractivity contribution in [1.29, 1.82) is 0 Å². The molecule has 5 heteroatoms. The molecule has 0 fully saturated rings. The number of fused-ring (bicyclic) bond motifs is 1. The minimum absolute atomic E-state index is 0.648. The van der Waals surface area contributed by atoms with Gasteiger partial charge in [0, 0.05) is 49.3 Å². The van der Waals surface area contributed by atoms with E-state index in [1.54, 1.807) is 0 Å². The summed E-state index contributed by atoms with van der Waals surface area (Å²) in [5.41, 5.74) is 6.04. The van der Waals surface area contributed by atoms with Gasteiger partial charge in [0.25, 0.3) is 0 Å². The number of nitrogens with one attached hydrogen (secondary N) is 1. The van der Waals surface area contributed by atoms with Gasteiger partial charge >= 0.3 is 0 Å². The van der Waals surface area contributed by atoms with Gasteiger partial charge in [-0.15, -0.1) is 0 Å². The molecule has 3 aromatic rings. The van der Waals surface area contributed by atoms with Crippen LogP contribution >= 0.6 is 0 Å². The van der Waals surface area contributed by atoms with Crippen molar-refractivity contribution in [1.82, 2.24) is 9.97 Å². The molecule has 0 unspecified atom stereocenters. The predicted octanol–water partition coefficient (Wildman–Crippen LogP) is 4.94. The topological polar surface area (TPSA) is 44.3 Å². The van der Waals surface area contributed by atoms with Crippen LogP contribution < -0.4 is 15.1 Å². The number of hydrogen-bond acceptors (Lipinski definition) is 5. The Labute approximate surface area is 173 Å². The minimum Gasteiger partial charge on any atom is -0.372 e. The maximum absolute atomic E-state index is 4.81. The molecule has 1 aliphatic rings. The van der Waals surface area contributed by atoms with Crippen LogP contribution in [0.1, 0.15) is 30.7 Å². The van der Waals surface area contributed by atoms with Crippen molar-refractivity contribution < 1.29 is 0 Å². The highest BCUT2D eigenvalue weighted by Gasteiger charge is 2.18. The Hall–Kier alpha value is -3.08. The summed E-state index contributed by atoms with van der Waals surface area (Å²) in [6.45, 7) is 10.3. The van der Waals surface area contributed by atoms with E-state index in [0.717, 1.165) is 49.8 Å². The number of aryl methyl sites for hydroxylation is 1. The van der Waals surface area contributed by atoms with E-state index in [1.165, 1.54) is 16.8 Å². The van der Waals surface area contributed by atoms with Gasteiger partial charge in [-0.25, -0.2) is 4.98 Å². The Balaban J connectivity index is 1.52. The molecule has 2 aromatic carbocycles. The Morgan fingerprint density at radius 3 is 2.41 bits per heavy atom. The maximum Gasteiger partial charge on any atom is 0.229 e. The van der Waals surface area contributed by atoms with Crippen LogP contribution in [0.5, 0.6) is 0 Å². The van der Waals surface area contributed by atoms with Gasteiger partial charge in [-0.1, -0.05) is 24.3 Å². The molecule has 0 bridgehead atoms. The largest absolute Gasteiger partial charge is 0.372 e. The zero-order chi connectivity index (χ0) is 20.2. The lowest BCUT2D eigenvalue weighted by Crippen LogP contribution is -2.31. The van der Waals surface area contributed by atoms with Crippen molar-refractivity contribution in [3.63, 3.8) is 0 Å². The fraction of sp³-hybridized carbons (Fsp3) is 0.333. The first-order chi connectivity index (χ1) is 14.2. The normalized spacial score (nSPS) is 13.1. The second-order valence-corrected chi connectivity index (χ2v) is 7.48. The molecule has 0 saturated carbocycles. The lowest BCUT2D eigenvalue weighted by Gasteiger charge is -2.30. The first kappa shape index (κ1) is 19.2. The van der Waals surface area contributed by atoms with Gasteiger partial charge in [0.1, 0.15) is 5.82 Å². The number of hydrogen-bond donors (Lipinski definition) is 1. The third kappa shape index (κ3) is 4.34. The molecule has 0 radical (unpaired) electrons. The van der Waals surface area contributed by atoms with E-state index in [2.05, 4.69) is 88.5 Å². The molecule has 0 spiro atoms. The van der Waals surface area contributed by atoms with Crippen molar-refractivity contribution in [3.05, 3.63) is 71.4 Å². The number of anilines is 4. The highest BCUT2D eigenvalue weighted by molar-refractivity contribution is 5.60. The highest BCUT2D eigenvalue weighted by Crippen LogP contribution is 2.25. The predicted molar refractivity (Wildman–Crippen MR) is 121 cm³/mol. The first-order valence-corrected chi connectivity index (χ1v) is 10.5. The van der Waals surface area contributed by atoms with Gasteiger partial charge in [-0.3, -0.25) is 0 Å². The molecule has 0 aliphatic carbocycles.